The van der Waals surface area contributed by atoms with Crippen LogP contribution in [0.2, 0.25) is 0 Å². The molecular formula is C30H25N7O2S. The summed E-state index contributed by atoms with van der Waals surface area (Å²) in [7, 11) is 0. The minimum atomic E-state index is -0.611. The number of rotatable bonds is 6. The maximum atomic E-state index is 14.2. The van der Waals surface area contributed by atoms with Crippen molar-refractivity contribution in [3.05, 3.63) is 116 Å². The van der Waals surface area contributed by atoms with Gasteiger partial charge in [0.15, 0.2) is 5.65 Å². The lowest BCUT2D eigenvalue weighted by molar-refractivity contribution is 0.0938. The van der Waals surface area contributed by atoms with E-state index in [1.807, 2.05) is 79.9 Å². The van der Waals surface area contributed by atoms with Gasteiger partial charge in [-0.1, -0.05) is 36.4 Å². The molecule has 10 heteroatoms. The number of nitrogens with zero attached hydrogens (tertiary/aromatic N) is 6. The number of aromatic nitrogens is 6. The third-order valence-electron chi connectivity index (χ3n) is 6.57. The third-order valence-corrected chi connectivity index (χ3v) is 7.36. The molecule has 0 saturated carbocycles. The van der Waals surface area contributed by atoms with Crippen LogP contribution in [0.15, 0.2) is 77.2 Å². The molecule has 4 aromatic heterocycles. The Morgan fingerprint density at radius 2 is 1.85 bits per heavy atom. The standard InChI is InChI=1S/C30H25N7O2S/c1-18-25(28-31-15-8-16-36(28)35-18)29(38)32-19(2)27-34-24-12-7-9-21(13-14-22-17-40-20(3)33-22)26(24)30(39)37(27)23-10-5-4-6-11-23/h4-17,19H,1-3H3,(H,32,38)/b14-13+/t19-/m0/s1. The molecule has 1 N–H and O–H groups in total. The van der Waals surface area contributed by atoms with Crippen LogP contribution in [0, 0.1) is 13.8 Å². The Bertz CT molecular complexity index is 1970. The van der Waals surface area contributed by atoms with E-state index in [1.54, 1.807) is 45.8 Å². The second kappa shape index (κ2) is 10.3. The summed E-state index contributed by atoms with van der Waals surface area (Å²) in [6.07, 6.45) is 7.15. The Labute approximate surface area is 233 Å². The minimum Gasteiger partial charge on any atom is -0.342 e. The number of carbonyl (C=O) groups excluding carboxylic acids is 1. The number of para-hydroxylation sites is 1. The maximum absolute atomic E-state index is 14.2. The molecule has 0 aliphatic carbocycles. The molecule has 0 bridgehead atoms. The molecule has 1 amide bonds. The van der Waals surface area contributed by atoms with Crippen LogP contribution in [0.4, 0.5) is 0 Å². The molecule has 9 nitrogen and oxygen atoms in total. The molecule has 0 aliphatic rings. The quantitative estimate of drug-likeness (QED) is 0.309. The van der Waals surface area contributed by atoms with Gasteiger partial charge in [-0.3, -0.25) is 14.2 Å². The van der Waals surface area contributed by atoms with Gasteiger partial charge in [0.1, 0.15) is 11.4 Å². The van der Waals surface area contributed by atoms with E-state index in [1.165, 1.54) is 0 Å². The van der Waals surface area contributed by atoms with Gasteiger partial charge in [-0.05, 0) is 56.7 Å². The molecule has 0 saturated heterocycles. The van der Waals surface area contributed by atoms with Crippen LogP contribution in [0.3, 0.4) is 0 Å². The van der Waals surface area contributed by atoms with E-state index in [2.05, 4.69) is 20.4 Å². The number of fused-ring (bicyclic) bond motifs is 2. The van der Waals surface area contributed by atoms with Crippen LogP contribution in [0.25, 0.3) is 34.4 Å². The number of hydrogen-bond donors (Lipinski definition) is 1. The van der Waals surface area contributed by atoms with Crippen LogP contribution in [0.1, 0.15) is 51.1 Å². The van der Waals surface area contributed by atoms with E-state index in [0.717, 1.165) is 16.3 Å². The lowest BCUT2D eigenvalue weighted by Crippen LogP contribution is -2.33. The van der Waals surface area contributed by atoms with E-state index in [0.29, 0.717) is 39.3 Å². The summed E-state index contributed by atoms with van der Waals surface area (Å²) in [5.41, 5.74) is 3.94. The first-order chi connectivity index (χ1) is 19.4. The monoisotopic (exact) mass is 547 g/mol. The number of carbonyl (C=O) groups is 1. The summed E-state index contributed by atoms with van der Waals surface area (Å²) in [4.78, 5) is 41.4. The lowest BCUT2D eigenvalue weighted by atomic mass is 10.1. The normalized spacial score (nSPS) is 12.4. The van der Waals surface area contributed by atoms with Crippen molar-refractivity contribution >= 4 is 45.9 Å². The highest BCUT2D eigenvalue weighted by Crippen LogP contribution is 2.23. The Kier molecular flexibility index (Phi) is 6.53. The van der Waals surface area contributed by atoms with E-state index < -0.39 is 6.04 Å². The molecule has 0 radical (unpaired) electrons. The third kappa shape index (κ3) is 4.58. The average molecular weight is 548 g/mol. The van der Waals surface area contributed by atoms with Crippen LogP contribution >= 0.6 is 11.3 Å². The summed E-state index contributed by atoms with van der Waals surface area (Å²) in [5.74, 6) is 0.0679. The van der Waals surface area contributed by atoms with Crippen molar-refractivity contribution in [1.82, 2.24) is 34.4 Å². The van der Waals surface area contributed by atoms with Crippen molar-refractivity contribution in [2.45, 2.75) is 26.8 Å². The zero-order chi connectivity index (χ0) is 27.8. The van der Waals surface area contributed by atoms with Gasteiger partial charge in [0.2, 0.25) is 0 Å². The SMILES string of the molecule is Cc1nc(/C=C/c2cccc3nc([C@H](C)NC(=O)c4c(C)nn5cccnc45)n(-c4ccccc4)c(=O)c23)cs1. The number of benzene rings is 2. The van der Waals surface area contributed by atoms with Gasteiger partial charge in [0, 0.05) is 17.8 Å². The zero-order valence-electron chi connectivity index (χ0n) is 22.1. The number of hydrogen-bond acceptors (Lipinski definition) is 7. The Hall–Kier alpha value is -4.96. The molecule has 1 atom stereocenters. The summed E-state index contributed by atoms with van der Waals surface area (Å²) in [6, 6.07) is 16.0. The number of aryl methyl sites for hydroxylation is 2. The molecule has 0 fully saturated rings. The first-order valence-corrected chi connectivity index (χ1v) is 13.6. The van der Waals surface area contributed by atoms with Crippen molar-refractivity contribution in [2.75, 3.05) is 0 Å². The molecule has 2 aromatic carbocycles. The summed E-state index contributed by atoms with van der Waals surface area (Å²) < 4.78 is 3.14. The van der Waals surface area contributed by atoms with E-state index in [-0.39, 0.29) is 11.5 Å². The van der Waals surface area contributed by atoms with Crippen LogP contribution in [-0.2, 0) is 0 Å². The largest absolute Gasteiger partial charge is 0.342 e. The van der Waals surface area contributed by atoms with Crippen molar-refractivity contribution < 1.29 is 4.79 Å². The van der Waals surface area contributed by atoms with Gasteiger partial charge in [-0.25, -0.2) is 19.5 Å². The first-order valence-electron chi connectivity index (χ1n) is 12.7. The van der Waals surface area contributed by atoms with Gasteiger partial charge in [-0.15, -0.1) is 11.3 Å². The molecule has 6 rings (SSSR count). The van der Waals surface area contributed by atoms with Gasteiger partial charge < -0.3 is 5.32 Å². The van der Waals surface area contributed by atoms with Crippen LogP contribution in [-0.4, -0.2) is 35.0 Å². The fourth-order valence-corrected chi connectivity index (χ4v) is 5.34. The minimum absolute atomic E-state index is 0.226. The summed E-state index contributed by atoms with van der Waals surface area (Å²) in [5, 5.41) is 10.9. The van der Waals surface area contributed by atoms with Gasteiger partial charge >= 0.3 is 0 Å². The molecule has 40 heavy (non-hydrogen) atoms. The number of amides is 1. The van der Waals surface area contributed by atoms with E-state index in [9.17, 15) is 9.59 Å². The predicted octanol–water partition coefficient (Wildman–Crippen LogP) is 5.16. The Morgan fingerprint density at radius 1 is 1.02 bits per heavy atom. The molecule has 6 aromatic rings. The molecule has 0 spiro atoms. The number of nitrogens with one attached hydrogen (secondary N) is 1. The highest BCUT2D eigenvalue weighted by Gasteiger charge is 2.24. The smallest absolute Gasteiger partial charge is 0.266 e. The first kappa shape index (κ1) is 25.3. The van der Waals surface area contributed by atoms with Crippen molar-refractivity contribution in [3.8, 4) is 5.69 Å². The van der Waals surface area contributed by atoms with Gasteiger partial charge in [-0.2, -0.15) is 5.10 Å². The highest BCUT2D eigenvalue weighted by atomic mass is 32.1. The maximum Gasteiger partial charge on any atom is 0.266 e. The van der Waals surface area contributed by atoms with Crippen LogP contribution in [0.5, 0.6) is 0 Å². The van der Waals surface area contributed by atoms with E-state index in [4.69, 9.17) is 4.98 Å². The molecular weight excluding hydrogens is 522 g/mol. The molecule has 4 heterocycles. The molecule has 0 aliphatic heterocycles. The fraction of sp³-hybridized carbons (Fsp3) is 0.133. The van der Waals surface area contributed by atoms with Gasteiger partial charge in [0.05, 0.1) is 39.0 Å². The fourth-order valence-electron chi connectivity index (χ4n) is 4.76. The average Bonchev–Trinajstić information content (AvgIpc) is 3.53. The van der Waals surface area contributed by atoms with Crippen LogP contribution < -0.4 is 10.9 Å². The molecule has 198 valence electrons. The van der Waals surface area contributed by atoms with Crippen molar-refractivity contribution in [2.24, 2.45) is 0 Å². The second-order valence-electron chi connectivity index (χ2n) is 9.36. The zero-order valence-corrected chi connectivity index (χ0v) is 22.9. The lowest BCUT2D eigenvalue weighted by Gasteiger charge is -2.20. The topological polar surface area (TPSA) is 107 Å². The van der Waals surface area contributed by atoms with Gasteiger partial charge in [0.25, 0.3) is 11.5 Å². The second-order valence-corrected chi connectivity index (χ2v) is 10.4. The number of thiazole rings is 1. The summed E-state index contributed by atoms with van der Waals surface area (Å²) in [6.45, 7) is 5.54. The Morgan fingerprint density at radius 3 is 2.62 bits per heavy atom. The highest BCUT2D eigenvalue weighted by molar-refractivity contribution is 7.09. The van der Waals surface area contributed by atoms with E-state index >= 15 is 0 Å². The predicted molar refractivity (Wildman–Crippen MR) is 157 cm³/mol. The van der Waals surface area contributed by atoms with Crippen molar-refractivity contribution in [3.63, 3.8) is 0 Å². The summed E-state index contributed by atoms with van der Waals surface area (Å²) >= 11 is 1.57. The van der Waals surface area contributed by atoms with Crippen molar-refractivity contribution in [1.29, 1.82) is 0 Å². The Balaban J connectivity index is 1.46. The molecule has 0 unspecified atom stereocenters.